The van der Waals surface area contributed by atoms with Crippen molar-refractivity contribution in [2.24, 2.45) is 0 Å². The Morgan fingerprint density at radius 2 is 1.44 bits per heavy atom. The van der Waals surface area contributed by atoms with Gasteiger partial charge in [0.05, 0.1) is 5.42 Å². The van der Waals surface area contributed by atoms with Crippen LogP contribution in [0.1, 0.15) is 71.1 Å². The summed E-state index contributed by atoms with van der Waals surface area (Å²) in [6, 6.07) is 4.19. The normalized spacial score (nSPS) is 11.9. The fraction of sp³-hybridized carbons (Fsp3) is 0.750. The van der Waals surface area contributed by atoms with Crippen molar-refractivity contribution < 1.29 is 0 Å². The van der Waals surface area contributed by atoms with Crippen LogP contribution < -0.4 is 5.73 Å². The second-order valence-corrected chi connectivity index (χ2v) is 7.51. The number of hydrogen-bond donors (Lipinski definition) is 1. The summed E-state index contributed by atoms with van der Waals surface area (Å²) >= 11 is 0. The summed E-state index contributed by atoms with van der Waals surface area (Å²) in [7, 11) is -0.0825. The molecular formula is C16H30NP. The molecule has 0 saturated heterocycles. The molecule has 0 saturated carbocycles. The standard InChI is InChI=1S/C16H30NP/c1-2-3-4-5-6-7-8-9-10-11-14-18-15-12-13-16(18)17/h12-13,15H,2-11,14,17H2,1H3. The van der Waals surface area contributed by atoms with E-state index in [1.54, 1.807) is 0 Å². The van der Waals surface area contributed by atoms with Crippen molar-refractivity contribution in [1.29, 1.82) is 0 Å². The van der Waals surface area contributed by atoms with Gasteiger partial charge in [0.25, 0.3) is 0 Å². The Hall–Kier alpha value is -0.420. The highest BCUT2D eigenvalue weighted by molar-refractivity contribution is 7.52. The molecule has 0 radical (unpaired) electrons. The van der Waals surface area contributed by atoms with E-state index in [-0.39, 0.29) is 7.53 Å². The average Bonchev–Trinajstić information content (AvgIpc) is 2.77. The van der Waals surface area contributed by atoms with Gasteiger partial charge in [-0.2, -0.15) is 0 Å². The van der Waals surface area contributed by atoms with E-state index in [0.717, 1.165) is 5.42 Å². The first-order valence-electron chi connectivity index (χ1n) is 7.75. The molecule has 0 aliphatic rings. The van der Waals surface area contributed by atoms with Crippen LogP contribution in [0.4, 0.5) is 5.42 Å². The molecule has 1 nitrogen and oxygen atoms in total. The van der Waals surface area contributed by atoms with Gasteiger partial charge >= 0.3 is 0 Å². The minimum Gasteiger partial charge on any atom is -0.396 e. The van der Waals surface area contributed by atoms with Crippen molar-refractivity contribution >= 4 is 13.0 Å². The quantitative estimate of drug-likeness (QED) is 0.476. The second kappa shape index (κ2) is 10.5. The summed E-state index contributed by atoms with van der Waals surface area (Å²) < 4.78 is 0. The lowest BCUT2D eigenvalue weighted by Crippen LogP contribution is -1.83. The number of hydrogen-bond acceptors (Lipinski definition) is 1. The predicted molar refractivity (Wildman–Crippen MR) is 85.4 cm³/mol. The monoisotopic (exact) mass is 267 g/mol. The molecule has 18 heavy (non-hydrogen) atoms. The van der Waals surface area contributed by atoms with Gasteiger partial charge < -0.3 is 5.73 Å². The molecule has 0 bridgehead atoms. The number of nitrogen functional groups attached to an aromatic ring is 1. The number of anilines is 1. The van der Waals surface area contributed by atoms with E-state index in [0.29, 0.717) is 0 Å². The predicted octanol–water partition coefficient (Wildman–Crippen LogP) is 6.18. The third-order valence-electron chi connectivity index (χ3n) is 3.62. The lowest BCUT2D eigenvalue weighted by Gasteiger charge is -2.03. The largest absolute Gasteiger partial charge is 0.396 e. The van der Waals surface area contributed by atoms with Crippen LogP contribution in [0.5, 0.6) is 0 Å². The number of nitrogens with two attached hydrogens (primary N) is 1. The van der Waals surface area contributed by atoms with Crippen LogP contribution in [-0.4, -0.2) is 0 Å². The van der Waals surface area contributed by atoms with Crippen LogP contribution in [0.2, 0.25) is 0 Å². The van der Waals surface area contributed by atoms with Gasteiger partial charge in [-0.05, 0) is 24.4 Å². The van der Waals surface area contributed by atoms with Gasteiger partial charge in [-0.25, -0.2) is 0 Å². The Labute approximate surface area is 114 Å². The molecule has 104 valence electrons. The molecule has 1 aromatic rings. The van der Waals surface area contributed by atoms with Crippen molar-refractivity contribution in [3.05, 3.63) is 17.9 Å². The summed E-state index contributed by atoms with van der Waals surface area (Å²) in [5, 5.41) is 0. The van der Waals surface area contributed by atoms with Gasteiger partial charge in [0.2, 0.25) is 0 Å². The molecule has 0 aromatic carbocycles. The van der Waals surface area contributed by atoms with E-state index in [2.05, 4.69) is 24.9 Å². The minimum absolute atomic E-state index is 0.0825. The zero-order valence-corrected chi connectivity index (χ0v) is 12.9. The topological polar surface area (TPSA) is 26.0 Å². The molecule has 0 fully saturated rings. The van der Waals surface area contributed by atoms with Crippen LogP contribution >= 0.6 is 7.53 Å². The lowest BCUT2D eigenvalue weighted by atomic mass is 10.1. The van der Waals surface area contributed by atoms with Crippen molar-refractivity contribution in [1.82, 2.24) is 0 Å². The van der Waals surface area contributed by atoms with Crippen LogP contribution in [0, 0.1) is 0 Å². The van der Waals surface area contributed by atoms with Crippen molar-refractivity contribution in [3.8, 4) is 0 Å². The number of aryl methyl sites for hydroxylation is 1. The summed E-state index contributed by atoms with van der Waals surface area (Å²) in [6.45, 7) is 2.28. The SMILES string of the molecule is CCCCCCCCCCCCp1cccc1N. The first kappa shape index (κ1) is 15.6. The minimum atomic E-state index is -0.0825. The molecule has 0 aliphatic carbocycles. The maximum atomic E-state index is 5.93. The lowest BCUT2D eigenvalue weighted by molar-refractivity contribution is 0.560. The van der Waals surface area contributed by atoms with Gasteiger partial charge in [-0.1, -0.05) is 70.8 Å². The maximum Gasteiger partial charge on any atom is 0.0508 e. The molecule has 0 spiro atoms. The fourth-order valence-corrected chi connectivity index (χ4v) is 4.12. The van der Waals surface area contributed by atoms with E-state index in [1.807, 2.05) is 0 Å². The Morgan fingerprint density at radius 3 is 1.94 bits per heavy atom. The van der Waals surface area contributed by atoms with Crippen LogP contribution in [0.15, 0.2) is 17.9 Å². The Balaban J connectivity index is 1.83. The van der Waals surface area contributed by atoms with Gasteiger partial charge in [0, 0.05) is 0 Å². The summed E-state index contributed by atoms with van der Waals surface area (Å²) in [4.78, 5) is 0. The molecular weight excluding hydrogens is 237 g/mol. The number of unbranched alkanes of at least 4 members (excludes halogenated alkanes) is 9. The zero-order chi connectivity index (χ0) is 13.1. The van der Waals surface area contributed by atoms with Crippen molar-refractivity contribution in [3.63, 3.8) is 0 Å². The highest BCUT2D eigenvalue weighted by Crippen LogP contribution is 2.38. The molecule has 1 aromatic heterocycles. The smallest absolute Gasteiger partial charge is 0.0508 e. The van der Waals surface area contributed by atoms with Gasteiger partial charge in [0.15, 0.2) is 0 Å². The number of rotatable bonds is 11. The Kier molecular flexibility index (Phi) is 9.12. The van der Waals surface area contributed by atoms with Crippen LogP contribution in [-0.2, 0) is 6.16 Å². The Morgan fingerprint density at radius 1 is 0.889 bits per heavy atom. The van der Waals surface area contributed by atoms with E-state index in [1.165, 1.54) is 70.4 Å². The van der Waals surface area contributed by atoms with E-state index >= 15 is 0 Å². The van der Waals surface area contributed by atoms with Gasteiger partial charge in [-0.15, -0.1) is 7.53 Å². The molecule has 1 unspecified atom stereocenters. The summed E-state index contributed by atoms with van der Waals surface area (Å²) in [5.74, 6) is 2.30. The second-order valence-electron chi connectivity index (χ2n) is 5.31. The molecule has 1 rings (SSSR count). The molecule has 2 N–H and O–H groups in total. The third-order valence-corrected chi connectivity index (χ3v) is 5.76. The van der Waals surface area contributed by atoms with E-state index in [4.69, 9.17) is 5.73 Å². The third kappa shape index (κ3) is 7.11. The zero-order valence-electron chi connectivity index (χ0n) is 12.0. The van der Waals surface area contributed by atoms with Gasteiger partial charge in [-0.3, -0.25) is 0 Å². The van der Waals surface area contributed by atoms with Crippen LogP contribution in [0.25, 0.3) is 0 Å². The fourth-order valence-electron chi connectivity index (χ4n) is 2.40. The molecule has 2 heteroatoms. The maximum absolute atomic E-state index is 5.93. The molecule has 1 atom stereocenters. The van der Waals surface area contributed by atoms with E-state index < -0.39 is 0 Å². The summed E-state index contributed by atoms with van der Waals surface area (Å²) in [5.41, 5.74) is 7.05. The van der Waals surface area contributed by atoms with Crippen LogP contribution in [0.3, 0.4) is 0 Å². The first-order chi connectivity index (χ1) is 8.84. The van der Waals surface area contributed by atoms with Gasteiger partial charge in [0.1, 0.15) is 0 Å². The molecule has 0 amide bonds. The highest BCUT2D eigenvalue weighted by Gasteiger charge is 1.98. The molecule has 1 heterocycles. The summed E-state index contributed by atoms with van der Waals surface area (Å²) in [6.07, 6.45) is 15.5. The van der Waals surface area contributed by atoms with Crippen molar-refractivity contribution in [2.45, 2.75) is 77.3 Å². The highest BCUT2D eigenvalue weighted by atomic mass is 31.1. The first-order valence-corrected chi connectivity index (χ1v) is 9.35. The Bertz CT molecular complexity index is 293. The molecule has 0 aliphatic heterocycles. The van der Waals surface area contributed by atoms with Crippen molar-refractivity contribution in [2.75, 3.05) is 5.73 Å². The van der Waals surface area contributed by atoms with E-state index in [9.17, 15) is 0 Å². The average molecular weight is 267 g/mol.